The van der Waals surface area contributed by atoms with Gasteiger partial charge in [-0.15, -0.1) is 0 Å². The van der Waals surface area contributed by atoms with Gasteiger partial charge < -0.3 is 5.32 Å². The molecule has 0 saturated carbocycles. The van der Waals surface area contributed by atoms with Crippen molar-refractivity contribution in [3.8, 4) is 12.1 Å². The van der Waals surface area contributed by atoms with Crippen molar-refractivity contribution in [3.05, 3.63) is 35.4 Å². The third-order valence-corrected chi connectivity index (χ3v) is 1.80. The van der Waals surface area contributed by atoms with Crippen molar-refractivity contribution in [2.75, 3.05) is 6.54 Å². The zero-order valence-corrected chi connectivity index (χ0v) is 7.83. The van der Waals surface area contributed by atoms with E-state index in [-0.39, 0.29) is 0 Å². The van der Waals surface area contributed by atoms with E-state index < -0.39 is 0 Å². The Hall–Kier alpha value is -1.84. The Balaban J connectivity index is 2.44. The van der Waals surface area contributed by atoms with Gasteiger partial charge >= 0.3 is 0 Å². The fourth-order valence-corrected chi connectivity index (χ4v) is 1.13. The van der Waals surface area contributed by atoms with E-state index in [4.69, 9.17) is 10.5 Å². The van der Waals surface area contributed by atoms with Crippen LogP contribution in [0.15, 0.2) is 24.3 Å². The number of nitrogens with one attached hydrogen (secondary N) is 1. The maximum absolute atomic E-state index is 8.66. The Morgan fingerprint density at radius 1 is 1.29 bits per heavy atom. The molecule has 0 fully saturated rings. The van der Waals surface area contributed by atoms with Gasteiger partial charge in [0.1, 0.15) is 0 Å². The number of nitriles is 2. The summed E-state index contributed by atoms with van der Waals surface area (Å²) < 4.78 is 0. The van der Waals surface area contributed by atoms with Crippen molar-refractivity contribution in [1.29, 1.82) is 10.5 Å². The second kappa shape index (κ2) is 5.75. The van der Waals surface area contributed by atoms with Crippen molar-refractivity contribution in [2.45, 2.75) is 13.0 Å². The molecule has 0 aromatic heterocycles. The Labute approximate surface area is 83.6 Å². The Bertz CT molecular complexity index is 371. The largest absolute Gasteiger partial charge is 0.312 e. The van der Waals surface area contributed by atoms with Crippen molar-refractivity contribution in [1.82, 2.24) is 5.32 Å². The summed E-state index contributed by atoms with van der Waals surface area (Å²) in [5.41, 5.74) is 1.74. The predicted molar refractivity (Wildman–Crippen MR) is 53.1 cm³/mol. The number of nitrogens with zero attached hydrogens (tertiary/aromatic N) is 2. The fraction of sp³-hybridized carbons (Fsp3) is 0.273. The lowest BCUT2D eigenvalue weighted by Crippen LogP contribution is -2.14. The molecule has 70 valence electrons. The normalized spacial score (nSPS) is 9.00. The van der Waals surface area contributed by atoms with Gasteiger partial charge in [-0.3, -0.25) is 0 Å². The summed E-state index contributed by atoms with van der Waals surface area (Å²) in [4.78, 5) is 0. The second-order valence-electron chi connectivity index (χ2n) is 2.90. The van der Waals surface area contributed by atoms with E-state index in [1.54, 1.807) is 6.07 Å². The van der Waals surface area contributed by atoms with Gasteiger partial charge in [0.2, 0.25) is 0 Å². The van der Waals surface area contributed by atoms with Gasteiger partial charge in [-0.05, 0) is 17.7 Å². The van der Waals surface area contributed by atoms with E-state index >= 15 is 0 Å². The molecular formula is C11H11N3. The molecule has 0 amide bonds. The first kappa shape index (κ1) is 10.2. The van der Waals surface area contributed by atoms with Crippen LogP contribution in [-0.2, 0) is 6.54 Å². The minimum atomic E-state index is 0.512. The van der Waals surface area contributed by atoms with Gasteiger partial charge in [0.15, 0.2) is 0 Å². The lowest BCUT2D eigenvalue weighted by molar-refractivity contribution is 0.699. The van der Waals surface area contributed by atoms with Crippen LogP contribution in [0.4, 0.5) is 0 Å². The van der Waals surface area contributed by atoms with Crippen LogP contribution in [0.3, 0.4) is 0 Å². The zero-order chi connectivity index (χ0) is 10.2. The summed E-state index contributed by atoms with van der Waals surface area (Å²) in [5, 5.41) is 20.1. The highest BCUT2D eigenvalue weighted by atomic mass is 14.8. The highest BCUT2D eigenvalue weighted by molar-refractivity contribution is 5.32. The lowest BCUT2D eigenvalue weighted by Gasteiger charge is -2.02. The molecule has 0 spiro atoms. The average molecular weight is 185 g/mol. The first-order valence-corrected chi connectivity index (χ1v) is 4.43. The fourth-order valence-electron chi connectivity index (χ4n) is 1.13. The van der Waals surface area contributed by atoms with Crippen LogP contribution in [-0.4, -0.2) is 6.54 Å². The standard InChI is InChI=1S/C11H11N3/c12-5-2-6-14-9-11-4-1-3-10(7-11)8-13/h1,3-4,7,14H,2,6,9H2. The molecule has 0 saturated heterocycles. The molecule has 0 aliphatic carbocycles. The molecule has 0 unspecified atom stereocenters. The summed E-state index contributed by atoms with van der Waals surface area (Å²) in [6.07, 6.45) is 0.512. The Morgan fingerprint density at radius 3 is 2.86 bits per heavy atom. The third kappa shape index (κ3) is 3.26. The molecule has 1 aromatic rings. The minimum Gasteiger partial charge on any atom is -0.312 e. The van der Waals surface area contributed by atoms with Crippen LogP contribution in [0.1, 0.15) is 17.5 Å². The maximum Gasteiger partial charge on any atom is 0.0991 e. The van der Waals surface area contributed by atoms with Gasteiger partial charge in [0, 0.05) is 19.5 Å². The van der Waals surface area contributed by atoms with Crippen LogP contribution < -0.4 is 5.32 Å². The highest BCUT2D eigenvalue weighted by Crippen LogP contribution is 2.03. The van der Waals surface area contributed by atoms with Crippen molar-refractivity contribution in [2.24, 2.45) is 0 Å². The first-order chi connectivity index (χ1) is 6.86. The molecule has 3 heteroatoms. The molecule has 1 rings (SSSR count). The molecule has 0 aliphatic heterocycles. The number of hydrogen-bond donors (Lipinski definition) is 1. The SMILES string of the molecule is N#CCCNCc1cccc(C#N)c1. The zero-order valence-electron chi connectivity index (χ0n) is 7.83. The number of benzene rings is 1. The van der Waals surface area contributed by atoms with E-state index in [9.17, 15) is 0 Å². The lowest BCUT2D eigenvalue weighted by atomic mass is 10.1. The Kier molecular flexibility index (Phi) is 4.20. The molecule has 1 N–H and O–H groups in total. The van der Waals surface area contributed by atoms with Gasteiger partial charge in [-0.2, -0.15) is 10.5 Å². The Morgan fingerprint density at radius 2 is 2.14 bits per heavy atom. The van der Waals surface area contributed by atoms with Crippen LogP contribution in [0.2, 0.25) is 0 Å². The van der Waals surface area contributed by atoms with Crippen molar-refractivity contribution < 1.29 is 0 Å². The molecular weight excluding hydrogens is 174 g/mol. The van der Waals surface area contributed by atoms with Crippen LogP contribution in [0.25, 0.3) is 0 Å². The van der Waals surface area contributed by atoms with E-state index in [0.717, 1.165) is 5.56 Å². The van der Waals surface area contributed by atoms with Crippen LogP contribution in [0.5, 0.6) is 0 Å². The van der Waals surface area contributed by atoms with E-state index in [1.807, 2.05) is 18.2 Å². The highest BCUT2D eigenvalue weighted by Gasteiger charge is 1.94. The number of rotatable bonds is 4. The smallest absolute Gasteiger partial charge is 0.0991 e. The monoisotopic (exact) mass is 185 g/mol. The van der Waals surface area contributed by atoms with E-state index in [0.29, 0.717) is 25.1 Å². The van der Waals surface area contributed by atoms with Gasteiger partial charge in [0.05, 0.1) is 17.7 Å². The summed E-state index contributed by atoms with van der Waals surface area (Å²) in [5.74, 6) is 0. The molecule has 1 aromatic carbocycles. The molecule has 3 nitrogen and oxygen atoms in total. The van der Waals surface area contributed by atoms with Crippen molar-refractivity contribution >= 4 is 0 Å². The summed E-state index contributed by atoms with van der Waals surface area (Å²) >= 11 is 0. The quantitative estimate of drug-likeness (QED) is 0.724. The van der Waals surface area contributed by atoms with E-state index in [2.05, 4.69) is 17.5 Å². The summed E-state index contributed by atoms with van der Waals surface area (Å²) in [7, 11) is 0. The molecule has 0 aliphatic rings. The molecule has 0 heterocycles. The van der Waals surface area contributed by atoms with Crippen molar-refractivity contribution in [3.63, 3.8) is 0 Å². The van der Waals surface area contributed by atoms with E-state index in [1.165, 1.54) is 0 Å². The van der Waals surface area contributed by atoms with Crippen LogP contribution >= 0.6 is 0 Å². The molecule has 0 radical (unpaired) electrons. The summed E-state index contributed by atoms with van der Waals surface area (Å²) in [6.45, 7) is 1.39. The number of hydrogen-bond acceptors (Lipinski definition) is 3. The maximum atomic E-state index is 8.66. The summed E-state index contributed by atoms with van der Waals surface area (Å²) in [6, 6.07) is 11.6. The van der Waals surface area contributed by atoms with Gasteiger partial charge in [-0.25, -0.2) is 0 Å². The van der Waals surface area contributed by atoms with Gasteiger partial charge in [0.25, 0.3) is 0 Å². The second-order valence-corrected chi connectivity index (χ2v) is 2.90. The van der Waals surface area contributed by atoms with Gasteiger partial charge in [-0.1, -0.05) is 12.1 Å². The molecule has 0 atom stereocenters. The molecule has 14 heavy (non-hydrogen) atoms. The topological polar surface area (TPSA) is 59.6 Å². The van der Waals surface area contributed by atoms with Crippen LogP contribution in [0, 0.1) is 22.7 Å². The third-order valence-electron chi connectivity index (χ3n) is 1.80. The first-order valence-electron chi connectivity index (χ1n) is 4.43. The molecule has 0 bridgehead atoms. The average Bonchev–Trinajstić information content (AvgIpc) is 2.25. The predicted octanol–water partition coefficient (Wildman–Crippen LogP) is 1.56. The minimum absolute atomic E-state index is 0.512.